The van der Waals surface area contributed by atoms with Gasteiger partial charge in [0.05, 0.1) is 10.6 Å². The van der Waals surface area contributed by atoms with Gasteiger partial charge in [0.2, 0.25) is 10.0 Å². The third kappa shape index (κ3) is 4.99. The average molecular weight is 471 g/mol. The first-order chi connectivity index (χ1) is 15.8. The van der Waals surface area contributed by atoms with E-state index in [-0.39, 0.29) is 29.7 Å². The summed E-state index contributed by atoms with van der Waals surface area (Å²) >= 11 is 0. The lowest BCUT2D eigenvalue weighted by molar-refractivity contribution is 0.0948. The third-order valence-corrected chi connectivity index (χ3v) is 7.41. The van der Waals surface area contributed by atoms with E-state index in [0.717, 1.165) is 42.5 Å². The van der Waals surface area contributed by atoms with Crippen LogP contribution in [0.5, 0.6) is 0 Å². The van der Waals surface area contributed by atoms with Crippen LogP contribution in [0.15, 0.2) is 47.4 Å². The monoisotopic (exact) mass is 470 g/mol. The fraction of sp³-hybridized carbons (Fsp3) is 0.333. The minimum Gasteiger partial charge on any atom is -0.349 e. The zero-order chi connectivity index (χ0) is 23.6. The van der Waals surface area contributed by atoms with Crippen LogP contribution in [0, 0.1) is 19.7 Å². The van der Waals surface area contributed by atoms with Crippen LogP contribution in [0.25, 0.3) is 5.69 Å². The summed E-state index contributed by atoms with van der Waals surface area (Å²) in [5.74, 6) is -0.680. The predicted octanol–water partition coefficient (Wildman–Crippen LogP) is 3.22. The highest BCUT2D eigenvalue weighted by Gasteiger charge is 2.25. The number of halogens is 1. The molecule has 0 radical (unpaired) electrons. The summed E-state index contributed by atoms with van der Waals surface area (Å²) in [5.41, 5.74) is 4.43. The van der Waals surface area contributed by atoms with Gasteiger partial charge in [-0.15, -0.1) is 0 Å². The van der Waals surface area contributed by atoms with Gasteiger partial charge in [-0.1, -0.05) is 12.1 Å². The van der Waals surface area contributed by atoms with Crippen molar-refractivity contribution in [1.29, 1.82) is 0 Å². The van der Waals surface area contributed by atoms with E-state index in [1.807, 2.05) is 13.0 Å². The molecule has 174 valence electrons. The lowest BCUT2D eigenvalue weighted by Crippen LogP contribution is -2.35. The summed E-state index contributed by atoms with van der Waals surface area (Å²) in [4.78, 5) is 13.1. The van der Waals surface area contributed by atoms with Crippen molar-refractivity contribution in [1.82, 2.24) is 19.8 Å². The Hall–Kier alpha value is -3.04. The molecule has 1 aromatic heterocycles. The molecule has 3 aromatic rings. The first-order valence-corrected chi connectivity index (χ1v) is 12.5. The number of rotatable bonds is 7. The highest BCUT2D eigenvalue weighted by molar-refractivity contribution is 7.89. The average Bonchev–Trinajstić information content (AvgIpc) is 3.18. The summed E-state index contributed by atoms with van der Waals surface area (Å²) in [7, 11) is -3.68. The number of carbonyl (C=O) groups excluding carboxylic acids is 1. The standard InChI is InChI=1S/C24H27FN4O3S/c1-16-7-8-17(2)22(15-16)33(31,32)27-14-13-26-24(30)23-20-5-3-4-6-21(20)29(28-23)19-11-9-18(25)10-12-19/h7-12,15,27H,3-6,13-14H2,1-2H3,(H,26,30). The maximum Gasteiger partial charge on any atom is 0.272 e. The number of sulfonamides is 1. The number of hydrogen-bond acceptors (Lipinski definition) is 4. The molecular formula is C24H27FN4O3S. The van der Waals surface area contributed by atoms with Crippen molar-refractivity contribution in [3.8, 4) is 5.69 Å². The van der Waals surface area contributed by atoms with Gasteiger partial charge in [-0.25, -0.2) is 22.2 Å². The van der Waals surface area contributed by atoms with Crippen LogP contribution in [0.3, 0.4) is 0 Å². The Balaban J connectivity index is 1.45. The molecule has 1 aliphatic carbocycles. The molecule has 9 heteroatoms. The second-order valence-electron chi connectivity index (χ2n) is 8.29. The maximum atomic E-state index is 13.3. The Bertz CT molecular complexity index is 1280. The summed E-state index contributed by atoms with van der Waals surface area (Å²) in [6.07, 6.45) is 3.51. The first-order valence-electron chi connectivity index (χ1n) is 11.0. The summed E-state index contributed by atoms with van der Waals surface area (Å²) in [5, 5.41) is 7.30. The van der Waals surface area contributed by atoms with Crippen molar-refractivity contribution in [3.05, 3.63) is 76.4 Å². The number of hydrogen-bond donors (Lipinski definition) is 2. The zero-order valence-electron chi connectivity index (χ0n) is 18.7. The molecule has 0 atom stereocenters. The molecule has 0 aliphatic heterocycles. The highest BCUT2D eigenvalue weighted by atomic mass is 32.2. The molecule has 0 bridgehead atoms. The number of carbonyl (C=O) groups is 1. The van der Waals surface area contributed by atoms with E-state index in [1.54, 1.807) is 35.9 Å². The number of aryl methyl sites for hydroxylation is 2. The van der Waals surface area contributed by atoms with Crippen LogP contribution >= 0.6 is 0 Å². The lowest BCUT2D eigenvalue weighted by Gasteiger charge is -2.14. The Morgan fingerprint density at radius 1 is 1.06 bits per heavy atom. The summed E-state index contributed by atoms with van der Waals surface area (Å²) in [6.45, 7) is 3.77. The Labute approximate surface area is 193 Å². The van der Waals surface area contributed by atoms with Gasteiger partial charge in [0.1, 0.15) is 5.82 Å². The molecule has 0 fully saturated rings. The molecule has 7 nitrogen and oxygen atoms in total. The fourth-order valence-electron chi connectivity index (χ4n) is 4.10. The summed E-state index contributed by atoms with van der Waals surface area (Å²) < 4.78 is 42.9. The number of aromatic nitrogens is 2. The molecule has 1 heterocycles. The van der Waals surface area contributed by atoms with Gasteiger partial charge in [-0.05, 0) is 81.0 Å². The molecule has 1 aliphatic rings. The quantitative estimate of drug-likeness (QED) is 0.519. The van der Waals surface area contributed by atoms with E-state index in [9.17, 15) is 17.6 Å². The van der Waals surface area contributed by atoms with Crippen LogP contribution in [-0.2, 0) is 22.9 Å². The van der Waals surface area contributed by atoms with E-state index in [2.05, 4.69) is 15.1 Å². The van der Waals surface area contributed by atoms with E-state index in [4.69, 9.17) is 0 Å². The third-order valence-electron chi connectivity index (χ3n) is 5.80. The lowest BCUT2D eigenvalue weighted by atomic mass is 9.95. The molecule has 0 saturated carbocycles. The van der Waals surface area contributed by atoms with Gasteiger partial charge in [0, 0.05) is 24.3 Å². The van der Waals surface area contributed by atoms with Crippen molar-refractivity contribution >= 4 is 15.9 Å². The second-order valence-corrected chi connectivity index (χ2v) is 10.0. The van der Waals surface area contributed by atoms with Gasteiger partial charge in [0.15, 0.2) is 5.69 Å². The molecule has 4 rings (SSSR count). The van der Waals surface area contributed by atoms with E-state index < -0.39 is 10.0 Å². The van der Waals surface area contributed by atoms with E-state index >= 15 is 0 Å². The smallest absolute Gasteiger partial charge is 0.272 e. The van der Waals surface area contributed by atoms with Crippen molar-refractivity contribution in [2.45, 2.75) is 44.4 Å². The minimum atomic E-state index is -3.68. The number of nitrogens with one attached hydrogen (secondary N) is 2. The van der Waals surface area contributed by atoms with Gasteiger partial charge in [-0.2, -0.15) is 5.10 Å². The van der Waals surface area contributed by atoms with Crippen molar-refractivity contribution < 1.29 is 17.6 Å². The number of benzene rings is 2. The van der Waals surface area contributed by atoms with Crippen molar-refractivity contribution in [2.24, 2.45) is 0 Å². The largest absolute Gasteiger partial charge is 0.349 e. The summed E-state index contributed by atoms with van der Waals surface area (Å²) in [6, 6.07) is 11.3. The zero-order valence-corrected chi connectivity index (χ0v) is 19.5. The number of nitrogens with zero attached hydrogens (tertiary/aromatic N) is 2. The van der Waals surface area contributed by atoms with Gasteiger partial charge >= 0.3 is 0 Å². The van der Waals surface area contributed by atoms with Gasteiger partial charge < -0.3 is 5.32 Å². The van der Waals surface area contributed by atoms with Crippen LogP contribution < -0.4 is 10.0 Å². The van der Waals surface area contributed by atoms with E-state index in [0.29, 0.717) is 16.9 Å². The van der Waals surface area contributed by atoms with Crippen LogP contribution in [-0.4, -0.2) is 37.2 Å². The molecule has 0 unspecified atom stereocenters. The van der Waals surface area contributed by atoms with Crippen LogP contribution in [0.1, 0.15) is 45.7 Å². The van der Waals surface area contributed by atoms with Gasteiger partial charge in [-0.3, -0.25) is 4.79 Å². The number of fused-ring (bicyclic) bond motifs is 1. The van der Waals surface area contributed by atoms with Crippen LogP contribution in [0.4, 0.5) is 4.39 Å². The van der Waals surface area contributed by atoms with Crippen molar-refractivity contribution in [3.63, 3.8) is 0 Å². The Morgan fingerprint density at radius 2 is 1.79 bits per heavy atom. The molecule has 33 heavy (non-hydrogen) atoms. The first kappa shape index (κ1) is 23.1. The van der Waals surface area contributed by atoms with Gasteiger partial charge in [0.25, 0.3) is 5.91 Å². The maximum absolute atomic E-state index is 13.3. The molecule has 2 aromatic carbocycles. The SMILES string of the molecule is Cc1ccc(C)c(S(=O)(=O)NCCNC(=O)c2nn(-c3ccc(F)cc3)c3c2CCCC3)c1. The van der Waals surface area contributed by atoms with Crippen molar-refractivity contribution in [2.75, 3.05) is 13.1 Å². The Kier molecular flexibility index (Phi) is 6.62. The molecule has 1 amide bonds. The van der Waals surface area contributed by atoms with E-state index in [1.165, 1.54) is 12.1 Å². The second kappa shape index (κ2) is 9.44. The molecular weight excluding hydrogens is 443 g/mol. The van der Waals surface area contributed by atoms with Crippen LogP contribution in [0.2, 0.25) is 0 Å². The molecule has 0 saturated heterocycles. The Morgan fingerprint density at radius 3 is 2.55 bits per heavy atom. The fourth-order valence-corrected chi connectivity index (χ4v) is 5.46. The minimum absolute atomic E-state index is 0.0579. The predicted molar refractivity (Wildman–Crippen MR) is 124 cm³/mol. The topological polar surface area (TPSA) is 93.1 Å². The highest BCUT2D eigenvalue weighted by Crippen LogP contribution is 2.27. The molecule has 0 spiro atoms. The molecule has 2 N–H and O–H groups in total. The number of amides is 1. The normalized spacial score (nSPS) is 13.5.